The standard InChI is InChI=1S/C30H31IN2O6/c1-30(2)38-28(35)26(29(36)39-30)31-22-9-6-8-21(20-22)13-16-32-17-14-24(15-18-32)33(23-10-4-3-5-11-23)27(34)25-12-7-19-37-25/h3-12,19-20,24H,13-18H2,1-2H3. The van der Waals surface area contributed by atoms with Gasteiger partial charge in [0.25, 0.3) is 11.7 Å². The van der Waals surface area contributed by atoms with E-state index in [1.807, 2.05) is 47.4 Å². The summed E-state index contributed by atoms with van der Waals surface area (Å²) in [7, 11) is 0. The van der Waals surface area contributed by atoms with Crippen LogP contribution in [0, 0.1) is 3.57 Å². The first-order valence-electron chi connectivity index (χ1n) is 13.0. The van der Waals surface area contributed by atoms with Gasteiger partial charge in [-0.25, -0.2) is 9.59 Å². The van der Waals surface area contributed by atoms with E-state index in [4.69, 9.17) is 13.9 Å². The van der Waals surface area contributed by atoms with Crippen molar-refractivity contribution >= 4 is 47.8 Å². The molecule has 0 aliphatic carbocycles. The van der Waals surface area contributed by atoms with Crippen LogP contribution >= 0.6 is 20.7 Å². The third-order valence-electron chi connectivity index (χ3n) is 6.75. The normalized spacial score (nSPS) is 17.9. The van der Waals surface area contributed by atoms with Crippen LogP contribution in [0.1, 0.15) is 42.8 Å². The van der Waals surface area contributed by atoms with Gasteiger partial charge in [0.15, 0.2) is 9.27 Å². The lowest BCUT2D eigenvalue weighted by molar-refractivity contribution is -0.214. The molecule has 3 heterocycles. The van der Waals surface area contributed by atoms with Gasteiger partial charge in [-0.1, -0.05) is 51.1 Å². The molecule has 1 amide bonds. The maximum atomic E-state index is 13.3. The number of ether oxygens (including phenoxy) is 2. The fourth-order valence-corrected chi connectivity index (χ4v) is 7.09. The molecule has 0 atom stereocenters. The minimum atomic E-state index is -1.22. The van der Waals surface area contributed by atoms with E-state index in [2.05, 4.69) is 17.0 Å². The zero-order valence-electron chi connectivity index (χ0n) is 22.0. The minimum absolute atomic E-state index is 0.0892. The van der Waals surface area contributed by atoms with Crippen molar-refractivity contribution in [3.63, 3.8) is 0 Å². The summed E-state index contributed by atoms with van der Waals surface area (Å²) < 4.78 is 17.0. The average Bonchev–Trinajstić information content (AvgIpc) is 3.46. The van der Waals surface area contributed by atoms with Gasteiger partial charge in [0.1, 0.15) is 0 Å². The van der Waals surface area contributed by atoms with Gasteiger partial charge < -0.3 is 23.7 Å². The molecule has 0 N–H and O–H groups in total. The van der Waals surface area contributed by atoms with Gasteiger partial charge >= 0.3 is 11.9 Å². The predicted octanol–water partition coefficient (Wildman–Crippen LogP) is 4.78. The highest BCUT2D eigenvalue weighted by atomic mass is 127. The molecule has 2 fully saturated rings. The molecule has 0 radical (unpaired) electrons. The van der Waals surface area contributed by atoms with E-state index in [0.717, 1.165) is 53.7 Å². The Morgan fingerprint density at radius 2 is 1.69 bits per heavy atom. The summed E-state index contributed by atoms with van der Waals surface area (Å²) in [6, 6.07) is 21.4. The molecule has 0 spiro atoms. The Hall–Kier alpha value is -3.31. The highest BCUT2D eigenvalue weighted by molar-refractivity contribution is 14.2. The van der Waals surface area contributed by atoms with Crippen molar-refractivity contribution in [2.45, 2.75) is 44.9 Å². The van der Waals surface area contributed by atoms with E-state index >= 15 is 0 Å². The number of carbonyl (C=O) groups excluding carboxylic acids is 3. The summed E-state index contributed by atoms with van der Waals surface area (Å²) in [5.74, 6) is -2.14. The maximum absolute atomic E-state index is 13.3. The quantitative estimate of drug-likeness (QED) is 0.271. The summed E-state index contributed by atoms with van der Waals surface area (Å²) in [6.45, 7) is 5.77. The van der Waals surface area contributed by atoms with E-state index in [-0.39, 0.29) is 15.5 Å². The first kappa shape index (κ1) is 27.3. The topological polar surface area (TPSA) is 89.3 Å². The first-order chi connectivity index (χ1) is 18.8. The van der Waals surface area contributed by atoms with Gasteiger partial charge in [-0.3, -0.25) is 4.79 Å². The minimum Gasteiger partial charge on any atom is -0.459 e. The van der Waals surface area contributed by atoms with Crippen LogP contribution in [-0.4, -0.2) is 57.7 Å². The van der Waals surface area contributed by atoms with Gasteiger partial charge in [0.05, 0.1) is 6.26 Å². The van der Waals surface area contributed by atoms with Gasteiger partial charge in [0, 0.05) is 48.8 Å². The molecule has 3 aromatic rings. The Kier molecular flexibility index (Phi) is 8.27. The van der Waals surface area contributed by atoms with E-state index < -0.39 is 38.5 Å². The molecule has 2 aromatic carbocycles. The summed E-state index contributed by atoms with van der Waals surface area (Å²) in [6.07, 6.45) is 4.12. The second-order valence-corrected chi connectivity index (χ2v) is 12.9. The summed E-state index contributed by atoms with van der Waals surface area (Å²) in [5, 5.41) is 0. The molecule has 1 aromatic heterocycles. The number of anilines is 1. The molecule has 204 valence electrons. The lowest BCUT2D eigenvalue weighted by Crippen LogP contribution is -2.48. The summed E-state index contributed by atoms with van der Waals surface area (Å²) in [4.78, 5) is 42.3. The number of piperidine rings is 1. The fourth-order valence-electron chi connectivity index (χ4n) is 4.87. The highest BCUT2D eigenvalue weighted by Crippen LogP contribution is 2.27. The molecule has 9 heteroatoms. The number of benzene rings is 2. The summed E-state index contributed by atoms with van der Waals surface area (Å²) >= 11 is -1.01. The van der Waals surface area contributed by atoms with E-state index in [9.17, 15) is 14.4 Å². The van der Waals surface area contributed by atoms with Crippen LogP contribution < -0.4 is 4.90 Å². The van der Waals surface area contributed by atoms with Crippen LogP contribution in [0.15, 0.2) is 77.4 Å². The van der Waals surface area contributed by atoms with Crippen molar-refractivity contribution in [3.8, 4) is 0 Å². The molecular formula is C30H31IN2O6. The van der Waals surface area contributed by atoms with E-state index in [0.29, 0.717) is 5.76 Å². The van der Waals surface area contributed by atoms with Crippen molar-refractivity contribution in [3.05, 3.63) is 87.9 Å². The number of carbonyl (C=O) groups is 3. The number of nitrogens with zero attached hydrogens (tertiary/aromatic N) is 2. The van der Waals surface area contributed by atoms with Crippen molar-refractivity contribution < 1.29 is 28.3 Å². The smallest absolute Gasteiger partial charge is 0.354 e. The number of likely N-dealkylation sites (tertiary alicyclic amines) is 1. The zero-order chi connectivity index (χ0) is 27.4. The van der Waals surface area contributed by atoms with Gasteiger partial charge in [-0.2, -0.15) is 0 Å². The van der Waals surface area contributed by atoms with Gasteiger partial charge in [-0.15, -0.1) is 0 Å². The number of furan rings is 1. The van der Waals surface area contributed by atoms with Crippen LogP contribution in [0.5, 0.6) is 0 Å². The molecule has 0 saturated carbocycles. The maximum Gasteiger partial charge on any atom is 0.354 e. The number of amides is 1. The van der Waals surface area contributed by atoms with Crippen molar-refractivity contribution in [2.75, 3.05) is 24.5 Å². The number of rotatable bonds is 7. The van der Waals surface area contributed by atoms with Crippen LogP contribution in [0.25, 0.3) is 0 Å². The largest absolute Gasteiger partial charge is 0.459 e. The van der Waals surface area contributed by atoms with E-state index in [1.54, 1.807) is 26.0 Å². The third kappa shape index (κ3) is 6.65. The Morgan fingerprint density at radius 1 is 0.974 bits per heavy atom. The lowest BCUT2D eigenvalue weighted by Gasteiger charge is -2.38. The Morgan fingerprint density at radius 3 is 2.36 bits per heavy atom. The molecule has 5 rings (SSSR count). The number of cyclic esters (lactones) is 2. The van der Waals surface area contributed by atoms with Crippen LogP contribution in [0.4, 0.5) is 5.69 Å². The van der Waals surface area contributed by atoms with Gasteiger partial charge in [0.2, 0.25) is 0 Å². The third-order valence-corrected chi connectivity index (χ3v) is 9.47. The fraction of sp³-hybridized carbons (Fsp3) is 0.333. The number of esters is 2. The first-order valence-corrected chi connectivity index (χ1v) is 15.2. The van der Waals surface area contributed by atoms with Crippen LogP contribution in [0.2, 0.25) is 0 Å². The molecule has 39 heavy (non-hydrogen) atoms. The molecule has 2 saturated heterocycles. The second kappa shape index (κ2) is 11.8. The number of para-hydroxylation sites is 1. The molecule has 8 nitrogen and oxygen atoms in total. The van der Waals surface area contributed by atoms with Crippen LogP contribution in [-0.2, 0) is 25.5 Å². The summed E-state index contributed by atoms with van der Waals surface area (Å²) in [5.41, 5.74) is 2.04. The monoisotopic (exact) mass is 642 g/mol. The Balaban J connectivity index is 1.20. The average molecular weight is 642 g/mol. The second-order valence-electron chi connectivity index (χ2n) is 10.0. The Bertz CT molecular complexity index is 1340. The number of hydrogen-bond acceptors (Lipinski definition) is 7. The molecular weight excluding hydrogens is 611 g/mol. The van der Waals surface area contributed by atoms with Crippen molar-refractivity contribution in [2.24, 2.45) is 0 Å². The highest BCUT2D eigenvalue weighted by Gasteiger charge is 2.39. The molecule has 2 aliphatic heterocycles. The van der Waals surface area contributed by atoms with Crippen LogP contribution in [0.3, 0.4) is 0 Å². The molecule has 2 aliphatic rings. The molecule has 0 bridgehead atoms. The van der Waals surface area contributed by atoms with Gasteiger partial charge in [-0.05, 0) is 61.2 Å². The van der Waals surface area contributed by atoms with Crippen molar-refractivity contribution in [1.82, 2.24) is 4.90 Å². The van der Waals surface area contributed by atoms with Crippen molar-refractivity contribution in [1.29, 1.82) is 0 Å². The zero-order valence-corrected chi connectivity index (χ0v) is 24.1. The lowest BCUT2D eigenvalue weighted by atomic mass is 10.0. The SMILES string of the molecule is CC1(C)OC(=O)C(=Ic2cccc(CCN3CCC(N(C(=O)c4ccco4)c4ccccc4)CC3)c2)C(=O)O1. The number of halogens is 1. The predicted molar refractivity (Wildman–Crippen MR) is 156 cm³/mol. The Labute approximate surface area is 237 Å². The van der Waals surface area contributed by atoms with E-state index in [1.165, 1.54) is 6.26 Å². The molecule has 0 unspecified atom stereocenters. The number of hydrogen-bond donors (Lipinski definition) is 0.